The van der Waals surface area contributed by atoms with Crippen molar-refractivity contribution in [3.8, 4) is 0 Å². The number of halogens is 3. The molecule has 30 heavy (non-hydrogen) atoms. The number of nitrogens with one attached hydrogen (secondary N) is 1. The third-order valence-electron chi connectivity index (χ3n) is 4.24. The van der Waals surface area contributed by atoms with Gasteiger partial charge in [-0.1, -0.05) is 0 Å². The summed E-state index contributed by atoms with van der Waals surface area (Å²) in [7, 11) is 0. The molecule has 1 aromatic heterocycles. The minimum Gasteiger partial charge on any atom is -0.444 e. The average Bonchev–Trinajstić information content (AvgIpc) is 2.65. The summed E-state index contributed by atoms with van der Waals surface area (Å²) in [4.78, 5) is 35.1. The molecule has 0 saturated carbocycles. The summed E-state index contributed by atoms with van der Waals surface area (Å²) < 4.78 is 42.9. The highest BCUT2D eigenvalue weighted by Crippen LogP contribution is 2.28. The number of rotatable bonds is 5. The molecule has 0 radical (unpaired) electrons. The van der Waals surface area contributed by atoms with Crippen molar-refractivity contribution in [3.63, 3.8) is 0 Å². The van der Waals surface area contributed by atoms with Gasteiger partial charge in [0.2, 0.25) is 11.9 Å². The van der Waals surface area contributed by atoms with E-state index in [2.05, 4.69) is 15.3 Å². The summed E-state index contributed by atoms with van der Waals surface area (Å²) in [6.45, 7) is 6.00. The highest BCUT2D eigenvalue weighted by Gasteiger charge is 2.32. The van der Waals surface area contributed by atoms with Crippen molar-refractivity contribution in [1.82, 2.24) is 20.2 Å². The minimum absolute atomic E-state index is 0.105. The number of carbonyl (C=O) groups excluding carboxylic acids is 2. The van der Waals surface area contributed by atoms with Crippen LogP contribution in [0.3, 0.4) is 0 Å². The number of anilines is 1. The van der Waals surface area contributed by atoms with Gasteiger partial charge in [0.1, 0.15) is 5.60 Å². The van der Waals surface area contributed by atoms with Crippen LogP contribution in [0.4, 0.5) is 23.9 Å². The van der Waals surface area contributed by atoms with E-state index < -0.39 is 36.1 Å². The largest absolute Gasteiger partial charge is 0.444 e. The summed E-state index contributed by atoms with van der Waals surface area (Å²) in [6, 6.07) is -0.788. The molecular formula is C18H26F3N5O4. The Balaban J connectivity index is 1.85. The number of aliphatic hydroxyl groups excluding tert-OH is 1. The predicted octanol–water partition coefficient (Wildman–Crippen LogP) is 1.42. The second-order valence-electron chi connectivity index (χ2n) is 7.87. The molecular weight excluding hydrogens is 407 g/mol. The van der Waals surface area contributed by atoms with Gasteiger partial charge in [0.05, 0.1) is 18.2 Å². The number of hydrogen-bond donors (Lipinski definition) is 2. The number of amides is 2. The van der Waals surface area contributed by atoms with Gasteiger partial charge >= 0.3 is 12.3 Å². The lowest BCUT2D eigenvalue weighted by molar-refractivity contribution is -0.138. The van der Waals surface area contributed by atoms with Crippen LogP contribution in [0.25, 0.3) is 0 Å². The van der Waals surface area contributed by atoms with Gasteiger partial charge in [0.15, 0.2) is 0 Å². The van der Waals surface area contributed by atoms with Gasteiger partial charge in [-0.05, 0) is 20.8 Å². The van der Waals surface area contributed by atoms with Gasteiger partial charge in [-0.2, -0.15) is 13.2 Å². The number of ether oxygens (including phenoxy) is 1. The summed E-state index contributed by atoms with van der Waals surface area (Å²) in [5.41, 5.74) is -1.63. The van der Waals surface area contributed by atoms with E-state index in [9.17, 15) is 27.9 Å². The number of nitrogens with zero attached hydrogens (tertiary/aromatic N) is 4. The van der Waals surface area contributed by atoms with Crippen molar-refractivity contribution in [3.05, 3.63) is 18.0 Å². The quantitative estimate of drug-likeness (QED) is 0.723. The third-order valence-corrected chi connectivity index (χ3v) is 4.24. The maximum absolute atomic E-state index is 12.6. The summed E-state index contributed by atoms with van der Waals surface area (Å²) in [5, 5.41) is 11.9. The molecule has 12 heteroatoms. The van der Waals surface area contributed by atoms with Crippen molar-refractivity contribution in [2.24, 2.45) is 0 Å². The van der Waals surface area contributed by atoms with E-state index in [-0.39, 0.29) is 18.3 Å². The van der Waals surface area contributed by atoms with Gasteiger partial charge < -0.3 is 25.0 Å². The first-order valence-corrected chi connectivity index (χ1v) is 9.41. The lowest BCUT2D eigenvalue weighted by atomic mass is 10.2. The van der Waals surface area contributed by atoms with Crippen LogP contribution in [-0.4, -0.2) is 76.4 Å². The third kappa shape index (κ3) is 7.01. The van der Waals surface area contributed by atoms with Crippen LogP contribution in [0.5, 0.6) is 0 Å². The fourth-order valence-electron chi connectivity index (χ4n) is 2.76. The second kappa shape index (κ2) is 9.45. The van der Waals surface area contributed by atoms with Crippen LogP contribution in [-0.2, 0) is 15.7 Å². The van der Waals surface area contributed by atoms with Crippen molar-refractivity contribution >= 4 is 17.9 Å². The fourth-order valence-corrected chi connectivity index (χ4v) is 2.76. The number of piperazine rings is 1. The van der Waals surface area contributed by atoms with E-state index in [0.717, 1.165) is 12.4 Å². The Labute approximate surface area is 172 Å². The topological polar surface area (TPSA) is 108 Å². The molecule has 1 aromatic rings. The van der Waals surface area contributed by atoms with Gasteiger partial charge in [-0.3, -0.25) is 4.79 Å². The molecule has 1 saturated heterocycles. The van der Waals surface area contributed by atoms with Crippen molar-refractivity contribution in [2.75, 3.05) is 37.7 Å². The lowest BCUT2D eigenvalue weighted by Gasteiger charge is -2.35. The molecule has 168 valence electrons. The van der Waals surface area contributed by atoms with Crippen LogP contribution >= 0.6 is 0 Å². The Kier molecular flexibility index (Phi) is 7.45. The Morgan fingerprint density at radius 1 is 1.17 bits per heavy atom. The normalized spacial score (nSPS) is 16.2. The molecule has 2 rings (SSSR count). The van der Waals surface area contributed by atoms with Gasteiger partial charge in [0.25, 0.3) is 0 Å². The van der Waals surface area contributed by atoms with Crippen LogP contribution in [0, 0.1) is 0 Å². The maximum atomic E-state index is 12.6. The first-order valence-electron chi connectivity index (χ1n) is 9.41. The standard InChI is InChI=1S/C18H26F3N5O4/c1-17(2,3)30-16(29)24-13(11-27)8-14(28)25-4-6-26(7-5-25)15-22-9-12(10-23-15)18(19,20)21/h9-10,13,27H,4-8,11H2,1-3H3,(H,24,29)/t13-/m0/s1. The Morgan fingerprint density at radius 2 is 1.73 bits per heavy atom. The van der Waals surface area contributed by atoms with E-state index in [0.29, 0.717) is 26.2 Å². The molecule has 0 bridgehead atoms. The van der Waals surface area contributed by atoms with E-state index in [4.69, 9.17) is 4.74 Å². The van der Waals surface area contributed by atoms with Crippen molar-refractivity contribution in [1.29, 1.82) is 0 Å². The molecule has 1 fully saturated rings. The molecule has 2 N–H and O–H groups in total. The Morgan fingerprint density at radius 3 is 2.20 bits per heavy atom. The zero-order valence-corrected chi connectivity index (χ0v) is 17.1. The van der Waals surface area contributed by atoms with E-state index in [1.807, 2.05) is 0 Å². The molecule has 2 heterocycles. The average molecular weight is 433 g/mol. The molecule has 2 amide bonds. The van der Waals surface area contributed by atoms with E-state index in [1.54, 1.807) is 30.6 Å². The molecule has 0 aliphatic carbocycles. The van der Waals surface area contributed by atoms with Gasteiger partial charge in [0, 0.05) is 45.0 Å². The molecule has 0 spiro atoms. The van der Waals surface area contributed by atoms with Gasteiger partial charge in [-0.15, -0.1) is 0 Å². The van der Waals surface area contributed by atoms with E-state index >= 15 is 0 Å². The van der Waals surface area contributed by atoms with Crippen molar-refractivity contribution in [2.45, 2.75) is 45.0 Å². The Bertz CT molecular complexity index is 729. The minimum atomic E-state index is -4.50. The molecule has 0 unspecified atom stereocenters. The zero-order valence-electron chi connectivity index (χ0n) is 17.1. The highest BCUT2D eigenvalue weighted by atomic mass is 19.4. The fraction of sp³-hybridized carbons (Fsp3) is 0.667. The summed E-state index contributed by atoms with van der Waals surface area (Å²) in [6.07, 6.45) is -3.87. The Hall–Kier alpha value is -2.63. The van der Waals surface area contributed by atoms with Crippen LogP contribution in [0.1, 0.15) is 32.8 Å². The number of carbonyl (C=O) groups is 2. The number of hydrogen-bond acceptors (Lipinski definition) is 7. The molecule has 9 nitrogen and oxygen atoms in total. The summed E-state index contributed by atoms with van der Waals surface area (Å²) in [5.74, 6) is -0.104. The van der Waals surface area contributed by atoms with E-state index in [1.165, 1.54) is 0 Å². The molecule has 1 aliphatic heterocycles. The first-order chi connectivity index (χ1) is 13.9. The van der Waals surface area contributed by atoms with Crippen LogP contribution in [0.15, 0.2) is 12.4 Å². The SMILES string of the molecule is CC(C)(C)OC(=O)N[C@H](CO)CC(=O)N1CCN(c2ncc(C(F)(F)F)cn2)CC1. The van der Waals surface area contributed by atoms with Crippen LogP contribution < -0.4 is 10.2 Å². The zero-order chi connectivity index (χ0) is 22.5. The number of alkyl carbamates (subject to hydrolysis) is 1. The molecule has 0 aromatic carbocycles. The number of aliphatic hydroxyl groups is 1. The molecule has 1 atom stereocenters. The second-order valence-corrected chi connectivity index (χ2v) is 7.87. The van der Waals surface area contributed by atoms with Crippen LogP contribution in [0.2, 0.25) is 0 Å². The smallest absolute Gasteiger partial charge is 0.419 e. The lowest BCUT2D eigenvalue weighted by Crippen LogP contribution is -2.51. The number of aromatic nitrogens is 2. The number of alkyl halides is 3. The van der Waals surface area contributed by atoms with Gasteiger partial charge in [-0.25, -0.2) is 14.8 Å². The van der Waals surface area contributed by atoms with Crippen molar-refractivity contribution < 1.29 is 32.6 Å². The highest BCUT2D eigenvalue weighted by molar-refractivity contribution is 5.78. The monoisotopic (exact) mass is 433 g/mol. The maximum Gasteiger partial charge on any atom is 0.419 e. The molecule has 1 aliphatic rings. The predicted molar refractivity (Wildman–Crippen MR) is 101 cm³/mol. The first kappa shape index (κ1) is 23.6. The summed E-state index contributed by atoms with van der Waals surface area (Å²) >= 11 is 0.